The first-order valence-corrected chi connectivity index (χ1v) is 10.0. The molecule has 0 saturated heterocycles. The van der Waals surface area contributed by atoms with Gasteiger partial charge in [-0.1, -0.05) is 65.2 Å². The zero-order chi connectivity index (χ0) is 18.0. The first-order chi connectivity index (χ1) is 11.6. The summed E-state index contributed by atoms with van der Waals surface area (Å²) in [6, 6.07) is 0. The molecule has 4 heteroatoms. The maximum absolute atomic E-state index is 10.1. The van der Waals surface area contributed by atoms with Crippen LogP contribution in [0.15, 0.2) is 0 Å². The van der Waals surface area contributed by atoms with Gasteiger partial charge in [0.05, 0.1) is 38.1 Å². The molecular weight excluding hydrogens is 304 g/mol. The van der Waals surface area contributed by atoms with Crippen LogP contribution in [0.2, 0.25) is 0 Å². The van der Waals surface area contributed by atoms with Gasteiger partial charge in [-0.2, -0.15) is 0 Å². The van der Waals surface area contributed by atoms with Crippen molar-refractivity contribution in [2.45, 2.75) is 103 Å². The van der Waals surface area contributed by atoms with E-state index in [1.165, 1.54) is 38.5 Å². The Morgan fingerprint density at radius 1 is 0.750 bits per heavy atom. The number of methoxy groups -OCH3 is 1. The summed E-state index contributed by atoms with van der Waals surface area (Å²) in [6.45, 7) is 8.04. The van der Waals surface area contributed by atoms with E-state index in [1.807, 2.05) is 6.92 Å². The van der Waals surface area contributed by atoms with Crippen LogP contribution in [0.1, 0.15) is 85.0 Å². The number of aliphatic hydroxyl groups is 1. The second-order valence-corrected chi connectivity index (χ2v) is 6.91. The van der Waals surface area contributed by atoms with Crippen molar-refractivity contribution in [1.29, 1.82) is 0 Å². The van der Waals surface area contributed by atoms with Crippen LogP contribution in [0.5, 0.6) is 0 Å². The van der Waals surface area contributed by atoms with E-state index < -0.39 is 0 Å². The van der Waals surface area contributed by atoms with Crippen LogP contribution in [0.3, 0.4) is 0 Å². The Morgan fingerprint density at radius 3 is 1.96 bits per heavy atom. The molecule has 0 aromatic heterocycles. The molecule has 146 valence electrons. The Hall–Kier alpha value is -0.160. The highest BCUT2D eigenvalue weighted by Crippen LogP contribution is 2.12. The summed E-state index contributed by atoms with van der Waals surface area (Å²) in [6.07, 6.45) is 11.3. The SMILES string of the molecule is CCCCCCC(O)COC(CCCCCC)COC(C)COC. The molecule has 0 radical (unpaired) electrons. The second-order valence-electron chi connectivity index (χ2n) is 6.91. The number of hydrogen-bond acceptors (Lipinski definition) is 4. The van der Waals surface area contributed by atoms with Gasteiger partial charge >= 0.3 is 0 Å². The van der Waals surface area contributed by atoms with Crippen LogP contribution in [0.25, 0.3) is 0 Å². The Morgan fingerprint density at radius 2 is 1.38 bits per heavy atom. The average Bonchev–Trinajstić information content (AvgIpc) is 2.57. The minimum atomic E-state index is -0.351. The van der Waals surface area contributed by atoms with Gasteiger partial charge in [0.2, 0.25) is 0 Å². The zero-order valence-corrected chi connectivity index (χ0v) is 16.6. The van der Waals surface area contributed by atoms with Crippen molar-refractivity contribution in [2.24, 2.45) is 0 Å². The number of unbranched alkanes of at least 4 members (excludes halogenated alkanes) is 6. The summed E-state index contributed by atoms with van der Waals surface area (Å²) < 4.78 is 16.9. The van der Waals surface area contributed by atoms with Crippen molar-refractivity contribution in [3.05, 3.63) is 0 Å². The predicted octanol–water partition coefficient (Wildman–Crippen LogP) is 4.72. The third-order valence-corrected chi connectivity index (χ3v) is 4.26. The maximum atomic E-state index is 10.1. The fraction of sp³-hybridized carbons (Fsp3) is 1.00. The van der Waals surface area contributed by atoms with Crippen molar-refractivity contribution in [2.75, 3.05) is 26.9 Å². The zero-order valence-electron chi connectivity index (χ0n) is 16.6. The normalized spacial score (nSPS) is 15.4. The van der Waals surface area contributed by atoms with E-state index in [9.17, 15) is 5.11 Å². The lowest BCUT2D eigenvalue weighted by Gasteiger charge is -2.22. The van der Waals surface area contributed by atoms with Gasteiger partial charge in [-0.05, 0) is 19.8 Å². The third-order valence-electron chi connectivity index (χ3n) is 4.26. The predicted molar refractivity (Wildman–Crippen MR) is 101 cm³/mol. The molecule has 0 aliphatic rings. The van der Waals surface area contributed by atoms with Crippen molar-refractivity contribution < 1.29 is 19.3 Å². The molecule has 0 aliphatic heterocycles. The summed E-state index contributed by atoms with van der Waals surface area (Å²) in [5.74, 6) is 0. The summed E-state index contributed by atoms with van der Waals surface area (Å²) in [5, 5.41) is 10.1. The molecule has 4 nitrogen and oxygen atoms in total. The minimum absolute atomic E-state index is 0.0754. The van der Waals surface area contributed by atoms with Crippen LogP contribution in [-0.2, 0) is 14.2 Å². The van der Waals surface area contributed by atoms with Gasteiger partial charge in [0, 0.05) is 7.11 Å². The van der Waals surface area contributed by atoms with E-state index in [1.54, 1.807) is 7.11 Å². The molecule has 1 N–H and O–H groups in total. The Bertz CT molecular complexity index is 248. The molecule has 0 saturated carbocycles. The number of aliphatic hydroxyl groups excluding tert-OH is 1. The van der Waals surface area contributed by atoms with E-state index in [0.717, 1.165) is 25.7 Å². The molecule has 0 aromatic carbocycles. The lowest BCUT2D eigenvalue weighted by Crippen LogP contribution is -2.28. The topological polar surface area (TPSA) is 47.9 Å². The van der Waals surface area contributed by atoms with Gasteiger partial charge in [-0.25, -0.2) is 0 Å². The summed E-state index contributed by atoms with van der Waals surface area (Å²) in [7, 11) is 1.69. The molecule has 0 bridgehead atoms. The highest BCUT2D eigenvalue weighted by Gasteiger charge is 2.14. The summed E-state index contributed by atoms with van der Waals surface area (Å²) in [4.78, 5) is 0. The van der Waals surface area contributed by atoms with Crippen LogP contribution < -0.4 is 0 Å². The summed E-state index contributed by atoms with van der Waals surface area (Å²) >= 11 is 0. The van der Waals surface area contributed by atoms with E-state index in [-0.39, 0.29) is 18.3 Å². The van der Waals surface area contributed by atoms with E-state index in [0.29, 0.717) is 19.8 Å². The molecule has 0 aromatic rings. The highest BCUT2D eigenvalue weighted by atomic mass is 16.6. The molecule has 24 heavy (non-hydrogen) atoms. The fourth-order valence-electron chi connectivity index (χ4n) is 2.71. The standard InChI is InChI=1S/C20H42O4/c1-5-7-9-11-13-19(21)16-24-20(14-12-10-8-6-2)17-23-18(3)15-22-4/h18-21H,5-17H2,1-4H3. The van der Waals surface area contributed by atoms with Crippen LogP contribution in [0.4, 0.5) is 0 Å². The molecule has 0 rings (SSSR count). The average molecular weight is 347 g/mol. The van der Waals surface area contributed by atoms with Gasteiger partial charge < -0.3 is 19.3 Å². The van der Waals surface area contributed by atoms with E-state index in [4.69, 9.17) is 14.2 Å². The van der Waals surface area contributed by atoms with Crippen molar-refractivity contribution in [1.82, 2.24) is 0 Å². The van der Waals surface area contributed by atoms with Gasteiger partial charge in [0.15, 0.2) is 0 Å². The molecule has 0 amide bonds. The Balaban J connectivity index is 4.02. The quantitative estimate of drug-likeness (QED) is 0.365. The van der Waals surface area contributed by atoms with E-state index >= 15 is 0 Å². The lowest BCUT2D eigenvalue weighted by atomic mass is 10.1. The van der Waals surface area contributed by atoms with Crippen molar-refractivity contribution in [3.63, 3.8) is 0 Å². The fourth-order valence-corrected chi connectivity index (χ4v) is 2.71. The number of rotatable bonds is 18. The highest BCUT2D eigenvalue weighted by molar-refractivity contribution is 4.63. The van der Waals surface area contributed by atoms with Crippen LogP contribution in [0, 0.1) is 0 Å². The molecule has 0 fully saturated rings. The second kappa shape index (κ2) is 17.7. The molecular formula is C20H42O4. The van der Waals surface area contributed by atoms with Crippen molar-refractivity contribution in [3.8, 4) is 0 Å². The van der Waals surface area contributed by atoms with Crippen molar-refractivity contribution >= 4 is 0 Å². The molecule has 0 aliphatic carbocycles. The number of hydrogen-bond donors (Lipinski definition) is 1. The number of ether oxygens (including phenoxy) is 3. The maximum Gasteiger partial charge on any atom is 0.0810 e. The smallest absolute Gasteiger partial charge is 0.0810 e. The first kappa shape index (κ1) is 23.8. The monoisotopic (exact) mass is 346 g/mol. The molecule has 3 unspecified atom stereocenters. The Kier molecular flexibility index (Phi) is 17.5. The van der Waals surface area contributed by atoms with E-state index in [2.05, 4.69) is 13.8 Å². The van der Waals surface area contributed by atoms with Crippen LogP contribution >= 0.6 is 0 Å². The Labute approximate surface area is 150 Å². The third kappa shape index (κ3) is 15.4. The molecule has 3 atom stereocenters. The minimum Gasteiger partial charge on any atom is -0.391 e. The molecule has 0 heterocycles. The van der Waals surface area contributed by atoms with Gasteiger partial charge in [-0.15, -0.1) is 0 Å². The summed E-state index contributed by atoms with van der Waals surface area (Å²) in [5.41, 5.74) is 0. The first-order valence-electron chi connectivity index (χ1n) is 10.0. The largest absolute Gasteiger partial charge is 0.391 e. The van der Waals surface area contributed by atoms with Crippen LogP contribution in [-0.4, -0.2) is 50.3 Å². The van der Waals surface area contributed by atoms with Gasteiger partial charge in [-0.3, -0.25) is 0 Å². The molecule has 0 spiro atoms. The van der Waals surface area contributed by atoms with Gasteiger partial charge in [0.1, 0.15) is 0 Å². The lowest BCUT2D eigenvalue weighted by molar-refractivity contribution is -0.0785. The van der Waals surface area contributed by atoms with Gasteiger partial charge in [0.25, 0.3) is 0 Å².